The average molecular weight is 270 g/mol. The van der Waals surface area contributed by atoms with Gasteiger partial charge in [0, 0.05) is 19.3 Å². The normalized spacial score (nSPS) is 20.9. The Labute approximate surface area is 98.8 Å². The van der Waals surface area contributed by atoms with Crippen molar-refractivity contribution in [3.63, 3.8) is 0 Å². The van der Waals surface area contributed by atoms with Gasteiger partial charge in [-0.2, -0.15) is 0 Å². The van der Waals surface area contributed by atoms with Gasteiger partial charge in [-0.15, -0.1) is 0 Å². The molecule has 0 radical (unpaired) electrons. The molecular weight excluding hydrogens is 254 g/mol. The lowest BCUT2D eigenvalue weighted by Crippen LogP contribution is -2.21. The summed E-state index contributed by atoms with van der Waals surface area (Å²) in [5.41, 5.74) is 5.58. The van der Waals surface area contributed by atoms with Crippen LogP contribution in [0.15, 0.2) is 22.8 Å². The highest BCUT2D eigenvalue weighted by Gasteiger charge is 2.23. The third-order valence-electron chi connectivity index (χ3n) is 2.90. The Kier molecular flexibility index (Phi) is 3.59. The molecule has 0 spiro atoms. The van der Waals surface area contributed by atoms with Gasteiger partial charge in [-0.25, -0.2) is 4.98 Å². The van der Waals surface area contributed by atoms with Crippen LogP contribution in [0.3, 0.4) is 0 Å². The zero-order chi connectivity index (χ0) is 10.7. The van der Waals surface area contributed by atoms with Crippen LogP contribution in [0.25, 0.3) is 0 Å². The van der Waals surface area contributed by atoms with Crippen LogP contribution in [0.5, 0.6) is 0 Å². The Morgan fingerprint density at radius 3 is 3.20 bits per heavy atom. The highest BCUT2D eigenvalue weighted by Crippen LogP contribution is 2.29. The minimum Gasteiger partial charge on any atom is -0.355 e. The van der Waals surface area contributed by atoms with Gasteiger partial charge in [-0.1, -0.05) is 0 Å². The quantitative estimate of drug-likeness (QED) is 0.913. The molecule has 2 heterocycles. The summed E-state index contributed by atoms with van der Waals surface area (Å²) in [6.45, 7) is 2.98. The van der Waals surface area contributed by atoms with Crippen molar-refractivity contribution >= 4 is 21.7 Å². The first-order valence-corrected chi connectivity index (χ1v) is 6.16. The Hall–Kier alpha value is -0.610. The van der Waals surface area contributed by atoms with Crippen LogP contribution in [0, 0.1) is 5.92 Å². The summed E-state index contributed by atoms with van der Waals surface area (Å²) >= 11 is 3.54. The van der Waals surface area contributed by atoms with Crippen LogP contribution >= 0.6 is 15.9 Å². The molecule has 0 aromatic carbocycles. The lowest BCUT2D eigenvalue weighted by Gasteiger charge is -2.18. The maximum atomic E-state index is 5.58. The lowest BCUT2D eigenvalue weighted by atomic mass is 10.1. The number of nitrogens with two attached hydrogens (primary N) is 1. The molecule has 0 bridgehead atoms. The minimum absolute atomic E-state index is 0.740. The molecule has 1 atom stereocenters. The molecule has 2 rings (SSSR count). The SMILES string of the molecule is NCCC1CCN(c2ncccc2Br)C1. The van der Waals surface area contributed by atoms with Crippen molar-refractivity contribution in [3.05, 3.63) is 22.8 Å². The number of nitrogens with zero attached hydrogens (tertiary/aromatic N) is 2. The lowest BCUT2D eigenvalue weighted by molar-refractivity contribution is 0.546. The van der Waals surface area contributed by atoms with Gasteiger partial charge in [0.25, 0.3) is 0 Å². The first-order valence-electron chi connectivity index (χ1n) is 5.37. The number of anilines is 1. The molecule has 1 saturated heterocycles. The minimum atomic E-state index is 0.740. The van der Waals surface area contributed by atoms with Crippen molar-refractivity contribution < 1.29 is 0 Å². The van der Waals surface area contributed by atoms with E-state index in [1.54, 1.807) is 0 Å². The summed E-state index contributed by atoms with van der Waals surface area (Å²) in [5, 5.41) is 0. The number of halogens is 1. The van der Waals surface area contributed by atoms with Gasteiger partial charge in [0.2, 0.25) is 0 Å². The van der Waals surface area contributed by atoms with E-state index in [1.807, 2.05) is 18.3 Å². The molecule has 1 aliphatic rings. The van der Waals surface area contributed by atoms with Gasteiger partial charge in [0.05, 0.1) is 4.47 Å². The highest BCUT2D eigenvalue weighted by atomic mass is 79.9. The maximum Gasteiger partial charge on any atom is 0.142 e. The second-order valence-electron chi connectivity index (χ2n) is 3.99. The zero-order valence-corrected chi connectivity index (χ0v) is 10.3. The summed E-state index contributed by atoms with van der Waals surface area (Å²) in [6, 6.07) is 3.99. The third-order valence-corrected chi connectivity index (χ3v) is 3.52. The van der Waals surface area contributed by atoms with E-state index < -0.39 is 0 Å². The molecule has 2 N–H and O–H groups in total. The van der Waals surface area contributed by atoms with Crippen LogP contribution < -0.4 is 10.6 Å². The Balaban J connectivity index is 2.04. The molecule has 1 unspecified atom stereocenters. The monoisotopic (exact) mass is 269 g/mol. The van der Waals surface area contributed by atoms with Crippen LogP contribution in [0.4, 0.5) is 5.82 Å². The van der Waals surface area contributed by atoms with E-state index in [2.05, 4.69) is 25.8 Å². The second kappa shape index (κ2) is 4.94. The smallest absolute Gasteiger partial charge is 0.142 e. The van der Waals surface area contributed by atoms with E-state index in [9.17, 15) is 0 Å². The zero-order valence-electron chi connectivity index (χ0n) is 8.69. The largest absolute Gasteiger partial charge is 0.355 e. The van der Waals surface area contributed by atoms with Gasteiger partial charge >= 0.3 is 0 Å². The predicted octanol–water partition coefficient (Wildman–Crippen LogP) is 2.02. The van der Waals surface area contributed by atoms with E-state index in [4.69, 9.17) is 5.73 Å². The van der Waals surface area contributed by atoms with Crippen molar-refractivity contribution in [2.24, 2.45) is 11.7 Å². The predicted molar refractivity (Wildman–Crippen MR) is 65.9 cm³/mol. The molecule has 0 amide bonds. The average Bonchev–Trinajstić information content (AvgIpc) is 2.68. The van der Waals surface area contributed by atoms with Crippen LogP contribution in [-0.4, -0.2) is 24.6 Å². The molecule has 15 heavy (non-hydrogen) atoms. The topological polar surface area (TPSA) is 42.1 Å². The van der Waals surface area contributed by atoms with Gasteiger partial charge in [-0.3, -0.25) is 0 Å². The summed E-state index contributed by atoms with van der Waals surface area (Å²) in [5.74, 6) is 1.81. The number of hydrogen-bond donors (Lipinski definition) is 1. The van der Waals surface area contributed by atoms with Gasteiger partial charge in [0.1, 0.15) is 5.82 Å². The molecule has 1 aliphatic heterocycles. The fourth-order valence-electron chi connectivity index (χ4n) is 2.11. The highest BCUT2D eigenvalue weighted by molar-refractivity contribution is 9.10. The van der Waals surface area contributed by atoms with E-state index in [0.29, 0.717) is 0 Å². The number of hydrogen-bond acceptors (Lipinski definition) is 3. The molecule has 1 aromatic heterocycles. The fourth-order valence-corrected chi connectivity index (χ4v) is 2.61. The Morgan fingerprint density at radius 1 is 1.60 bits per heavy atom. The standard InChI is InChI=1S/C11H16BrN3/c12-10-2-1-6-14-11(10)15-7-4-9(8-15)3-5-13/h1-2,6,9H,3-5,7-8,13H2. The summed E-state index contributed by atoms with van der Waals surface area (Å²) in [6.07, 6.45) is 4.21. The molecule has 1 fully saturated rings. The number of rotatable bonds is 3. The Morgan fingerprint density at radius 2 is 2.47 bits per heavy atom. The van der Waals surface area contributed by atoms with Crippen molar-refractivity contribution in [3.8, 4) is 0 Å². The summed E-state index contributed by atoms with van der Waals surface area (Å²) in [4.78, 5) is 6.74. The van der Waals surface area contributed by atoms with Crippen molar-refractivity contribution in [2.75, 3.05) is 24.5 Å². The second-order valence-corrected chi connectivity index (χ2v) is 4.84. The first kappa shape index (κ1) is 10.9. The molecular formula is C11H16BrN3. The molecule has 1 aromatic rings. The van der Waals surface area contributed by atoms with Crippen molar-refractivity contribution in [1.82, 2.24) is 4.98 Å². The van der Waals surface area contributed by atoms with E-state index in [1.165, 1.54) is 6.42 Å². The molecule has 4 heteroatoms. The maximum absolute atomic E-state index is 5.58. The van der Waals surface area contributed by atoms with E-state index in [0.717, 1.165) is 42.3 Å². The number of aromatic nitrogens is 1. The molecule has 82 valence electrons. The van der Waals surface area contributed by atoms with E-state index >= 15 is 0 Å². The number of pyridine rings is 1. The molecule has 0 saturated carbocycles. The summed E-state index contributed by atoms with van der Waals surface area (Å²) in [7, 11) is 0. The first-order chi connectivity index (χ1) is 7.31. The third kappa shape index (κ3) is 2.49. The van der Waals surface area contributed by atoms with E-state index in [-0.39, 0.29) is 0 Å². The fraction of sp³-hybridized carbons (Fsp3) is 0.545. The Bertz CT molecular complexity index is 329. The van der Waals surface area contributed by atoms with Crippen molar-refractivity contribution in [2.45, 2.75) is 12.8 Å². The van der Waals surface area contributed by atoms with Gasteiger partial charge < -0.3 is 10.6 Å². The van der Waals surface area contributed by atoms with Crippen LogP contribution in [0.2, 0.25) is 0 Å². The van der Waals surface area contributed by atoms with Gasteiger partial charge in [-0.05, 0) is 53.4 Å². The molecule has 0 aliphatic carbocycles. The van der Waals surface area contributed by atoms with Crippen LogP contribution in [0.1, 0.15) is 12.8 Å². The van der Waals surface area contributed by atoms with Crippen molar-refractivity contribution in [1.29, 1.82) is 0 Å². The molecule has 3 nitrogen and oxygen atoms in total. The van der Waals surface area contributed by atoms with Gasteiger partial charge in [0.15, 0.2) is 0 Å². The summed E-state index contributed by atoms with van der Waals surface area (Å²) < 4.78 is 1.08. The van der Waals surface area contributed by atoms with Crippen LogP contribution in [-0.2, 0) is 0 Å².